The summed E-state index contributed by atoms with van der Waals surface area (Å²) in [4.78, 5) is 2.30. The Morgan fingerprint density at radius 1 is 1.19 bits per heavy atom. The van der Waals surface area contributed by atoms with Gasteiger partial charge in [0.05, 0.1) is 0 Å². The van der Waals surface area contributed by atoms with Gasteiger partial charge < -0.3 is 0 Å². The second-order valence-electron chi connectivity index (χ2n) is 4.80. The molecule has 0 saturated heterocycles. The molecule has 0 aliphatic rings. The van der Waals surface area contributed by atoms with Crippen LogP contribution >= 0.6 is 11.6 Å². The van der Waals surface area contributed by atoms with E-state index in [0.717, 1.165) is 6.54 Å². The van der Waals surface area contributed by atoms with E-state index in [1.165, 1.54) is 22.3 Å². The van der Waals surface area contributed by atoms with E-state index in [2.05, 4.69) is 51.8 Å². The van der Waals surface area contributed by atoms with E-state index in [1.807, 2.05) is 0 Å². The highest BCUT2D eigenvalue weighted by atomic mass is 35.5. The molecule has 0 saturated carbocycles. The highest BCUT2D eigenvalue weighted by Crippen LogP contribution is 2.18. The molecule has 1 unspecified atom stereocenters. The van der Waals surface area contributed by atoms with Crippen molar-refractivity contribution in [2.24, 2.45) is 0 Å². The molecule has 0 bridgehead atoms. The Morgan fingerprint density at radius 3 is 2.12 bits per heavy atom. The van der Waals surface area contributed by atoms with E-state index in [9.17, 15) is 0 Å². The summed E-state index contributed by atoms with van der Waals surface area (Å²) in [7, 11) is 2.13. The number of nitrogens with zero attached hydrogens (tertiary/aromatic N) is 1. The zero-order valence-corrected chi connectivity index (χ0v) is 11.7. The lowest BCUT2D eigenvalue weighted by Gasteiger charge is -2.24. The molecule has 0 aliphatic carbocycles. The smallest absolute Gasteiger partial charge is 0.0376 e. The van der Waals surface area contributed by atoms with Gasteiger partial charge in [0, 0.05) is 18.5 Å². The first-order chi connectivity index (χ1) is 7.45. The third-order valence-corrected chi connectivity index (χ3v) is 3.67. The van der Waals surface area contributed by atoms with E-state index in [1.54, 1.807) is 0 Å². The van der Waals surface area contributed by atoms with Gasteiger partial charge in [-0.25, -0.2) is 0 Å². The van der Waals surface area contributed by atoms with Crippen LogP contribution in [-0.4, -0.2) is 23.9 Å². The van der Waals surface area contributed by atoms with Gasteiger partial charge in [-0.05, 0) is 51.4 Å². The lowest BCUT2D eigenvalue weighted by atomic mass is 9.99. The fraction of sp³-hybridized carbons (Fsp3) is 0.571. The van der Waals surface area contributed by atoms with Crippen LogP contribution in [0.15, 0.2) is 12.1 Å². The molecule has 2 heteroatoms. The van der Waals surface area contributed by atoms with Crippen LogP contribution in [0.5, 0.6) is 0 Å². The summed E-state index contributed by atoms with van der Waals surface area (Å²) in [6, 6.07) is 4.92. The van der Waals surface area contributed by atoms with Gasteiger partial charge >= 0.3 is 0 Å². The molecular weight excluding hydrogens is 218 g/mol. The predicted octanol–water partition coefficient (Wildman–Crippen LogP) is 3.67. The second kappa shape index (κ2) is 5.70. The average Bonchev–Trinajstić information content (AvgIpc) is 2.21. The molecule has 0 radical (unpaired) electrons. The summed E-state index contributed by atoms with van der Waals surface area (Å²) < 4.78 is 0. The Morgan fingerprint density at radius 2 is 1.69 bits per heavy atom. The van der Waals surface area contributed by atoms with Gasteiger partial charge in [0.2, 0.25) is 0 Å². The van der Waals surface area contributed by atoms with Crippen LogP contribution in [0.3, 0.4) is 0 Å². The lowest BCUT2D eigenvalue weighted by molar-refractivity contribution is 0.267. The van der Waals surface area contributed by atoms with Crippen molar-refractivity contribution in [1.82, 2.24) is 4.90 Å². The molecule has 0 N–H and O–H groups in total. The van der Waals surface area contributed by atoms with Crippen molar-refractivity contribution >= 4 is 11.6 Å². The zero-order chi connectivity index (χ0) is 12.3. The van der Waals surface area contributed by atoms with Gasteiger partial charge in [-0.15, -0.1) is 11.6 Å². The largest absolute Gasteiger partial charge is 0.298 e. The summed E-state index contributed by atoms with van der Waals surface area (Å²) in [5.41, 5.74) is 5.54. The molecule has 16 heavy (non-hydrogen) atoms. The van der Waals surface area contributed by atoms with Crippen molar-refractivity contribution in [3.8, 4) is 0 Å². The third kappa shape index (κ3) is 3.23. The lowest BCUT2D eigenvalue weighted by Crippen LogP contribution is -2.30. The van der Waals surface area contributed by atoms with E-state index < -0.39 is 0 Å². The molecule has 1 nitrogen and oxygen atoms in total. The van der Waals surface area contributed by atoms with Crippen molar-refractivity contribution in [1.29, 1.82) is 0 Å². The first kappa shape index (κ1) is 13.5. The van der Waals surface area contributed by atoms with Crippen LogP contribution in [0.25, 0.3) is 0 Å². The summed E-state index contributed by atoms with van der Waals surface area (Å²) in [5.74, 6) is 0.681. The van der Waals surface area contributed by atoms with Crippen molar-refractivity contribution in [3.63, 3.8) is 0 Å². The van der Waals surface area contributed by atoms with Crippen LogP contribution in [0.2, 0.25) is 0 Å². The van der Waals surface area contributed by atoms with E-state index in [-0.39, 0.29) is 0 Å². The molecule has 0 heterocycles. The van der Waals surface area contributed by atoms with E-state index in [0.29, 0.717) is 11.9 Å². The fourth-order valence-corrected chi connectivity index (χ4v) is 2.22. The quantitative estimate of drug-likeness (QED) is 0.725. The minimum Gasteiger partial charge on any atom is -0.298 e. The number of hydrogen-bond donors (Lipinski definition) is 0. The Hall–Kier alpha value is -0.530. The summed E-state index contributed by atoms with van der Waals surface area (Å²) in [6.07, 6.45) is 0. The SMILES string of the molecule is Cc1cc(C)c(CN(C)C(C)CCl)c(C)c1. The monoisotopic (exact) mass is 239 g/mol. The zero-order valence-electron chi connectivity index (χ0n) is 11.0. The van der Waals surface area contributed by atoms with Crippen molar-refractivity contribution in [2.75, 3.05) is 12.9 Å². The number of alkyl halides is 1. The Labute approximate surface area is 104 Å². The maximum Gasteiger partial charge on any atom is 0.0376 e. The standard InChI is InChI=1S/C14H22ClN/c1-10-6-11(2)14(12(3)7-10)9-16(5)13(4)8-15/h6-7,13H,8-9H2,1-5H3. The fourth-order valence-electron chi connectivity index (χ4n) is 1.98. The number of benzene rings is 1. The van der Waals surface area contributed by atoms with Gasteiger partial charge in [-0.2, -0.15) is 0 Å². The molecule has 0 fully saturated rings. The molecule has 0 amide bonds. The number of hydrogen-bond acceptors (Lipinski definition) is 1. The maximum atomic E-state index is 5.88. The topological polar surface area (TPSA) is 3.24 Å². The van der Waals surface area contributed by atoms with Crippen LogP contribution in [0.1, 0.15) is 29.2 Å². The molecule has 0 aliphatic heterocycles. The van der Waals surface area contributed by atoms with Gasteiger partial charge in [0.1, 0.15) is 0 Å². The Bertz CT molecular complexity index is 337. The van der Waals surface area contributed by atoms with Gasteiger partial charge in [-0.3, -0.25) is 4.90 Å². The summed E-state index contributed by atoms with van der Waals surface area (Å²) >= 11 is 5.88. The minimum atomic E-state index is 0.418. The van der Waals surface area contributed by atoms with Gasteiger partial charge in [0.25, 0.3) is 0 Å². The average molecular weight is 240 g/mol. The van der Waals surface area contributed by atoms with Crippen LogP contribution in [-0.2, 0) is 6.54 Å². The molecule has 0 aromatic heterocycles. The van der Waals surface area contributed by atoms with Gasteiger partial charge in [0.15, 0.2) is 0 Å². The first-order valence-corrected chi connectivity index (χ1v) is 6.32. The molecule has 1 rings (SSSR count). The van der Waals surface area contributed by atoms with Crippen molar-refractivity contribution in [2.45, 2.75) is 40.3 Å². The minimum absolute atomic E-state index is 0.418. The summed E-state index contributed by atoms with van der Waals surface area (Å²) in [5, 5.41) is 0. The molecule has 1 aromatic rings. The molecule has 0 spiro atoms. The summed E-state index contributed by atoms with van der Waals surface area (Å²) in [6.45, 7) is 9.66. The second-order valence-corrected chi connectivity index (χ2v) is 5.10. The third-order valence-electron chi connectivity index (χ3n) is 3.22. The van der Waals surface area contributed by atoms with Crippen molar-refractivity contribution < 1.29 is 0 Å². The Balaban J connectivity index is 2.89. The molecule has 1 atom stereocenters. The maximum absolute atomic E-state index is 5.88. The normalized spacial score (nSPS) is 13.2. The molecular formula is C14H22ClN. The van der Waals surface area contributed by atoms with Crippen LogP contribution in [0.4, 0.5) is 0 Å². The van der Waals surface area contributed by atoms with Crippen LogP contribution < -0.4 is 0 Å². The number of halogens is 1. The molecule has 90 valence electrons. The molecule has 1 aromatic carbocycles. The van der Waals surface area contributed by atoms with E-state index >= 15 is 0 Å². The highest BCUT2D eigenvalue weighted by Gasteiger charge is 2.11. The Kier molecular flexibility index (Phi) is 4.82. The predicted molar refractivity (Wildman–Crippen MR) is 72.3 cm³/mol. The van der Waals surface area contributed by atoms with Gasteiger partial charge in [-0.1, -0.05) is 17.7 Å². The van der Waals surface area contributed by atoms with E-state index in [4.69, 9.17) is 11.6 Å². The first-order valence-electron chi connectivity index (χ1n) is 5.78. The number of aryl methyl sites for hydroxylation is 3. The van der Waals surface area contributed by atoms with Crippen LogP contribution in [0, 0.1) is 20.8 Å². The van der Waals surface area contributed by atoms with Crippen molar-refractivity contribution in [3.05, 3.63) is 34.4 Å². The number of rotatable bonds is 4. The highest BCUT2D eigenvalue weighted by molar-refractivity contribution is 6.18.